The van der Waals surface area contributed by atoms with Crippen LogP contribution in [-0.4, -0.2) is 56.2 Å². The van der Waals surface area contributed by atoms with Crippen LogP contribution in [0.4, 0.5) is 0 Å². The van der Waals surface area contributed by atoms with Crippen LogP contribution in [0, 0.1) is 5.41 Å². The molecule has 0 unspecified atom stereocenters. The number of carbonyl (C=O) groups excluding carboxylic acids is 2. The van der Waals surface area contributed by atoms with E-state index in [1.807, 2.05) is 17.0 Å². The molecule has 2 aliphatic heterocycles. The number of aromatic amines is 1. The predicted octanol–water partition coefficient (Wildman–Crippen LogP) is 1.21. The smallest absolute Gasteiger partial charge is 0.273 e. The number of H-pyrrole nitrogens is 1. The van der Waals surface area contributed by atoms with Crippen LogP contribution in [0.2, 0.25) is 0 Å². The molecular weight excluding hydrogens is 358 g/mol. The molecule has 0 bridgehead atoms. The zero-order chi connectivity index (χ0) is 19.6. The average molecular weight is 381 g/mol. The molecule has 0 aliphatic carbocycles. The van der Waals surface area contributed by atoms with Gasteiger partial charge in [0.15, 0.2) is 0 Å². The Balaban J connectivity index is 1.40. The number of hydrogen-bond donors (Lipinski definition) is 1. The SMILES string of the molecule is O=C1CCC2(CCN(C(=O)c3c[nH]c(=O)cn3)CC2)CN1Cc1ccncc1. The van der Waals surface area contributed by atoms with Gasteiger partial charge in [-0.05, 0) is 42.4 Å². The molecule has 1 N–H and O–H groups in total. The normalized spacial score (nSPS) is 19.1. The number of hydrogen-bond acceptors (Lipinski definition) is 5. The lowest BCUT2D eigenvalue weighted by Gasteiger charge is -2.47. The van der Waals surface area contributed by atoms with Crippen molar-refractivity contribution in [3.05, 3.63) is 58.5 Å². The highest BCUT2D eigenvalue weighted by Crippen LogP contribution is 2.40. The van der Waals surface area contributed by atoms with E-state index in [0.717, 1.165) is 37.6 Å². The highest BCUT2D eigenvalue weighted by atomic mass is 16.2. The maximum absolute atomic E-state index is 12.6. The van der Waals surface area contributed by atoms with E-state index in [1.54, 1.807) is 17.3 Å². The molecule has 0 saturated carbocycles. The summed E-state index contributed by atoms with van der Waals surface area (Å²) in [5, 5.41) is 0. The largest absolute Gasteiger partial charge is 0.338 e. The highest BCUT2D eigenvalue weighted by Gasteiger charge is 2.41. The predicted molar refractivity (Wildman–Crippen MR) is 101 cm³/mol. The van der Waals surface area contributed by atoms with Gasteiger partial charge in [0.1, 0.15) is 5.69 Å². The molecule has 2 aliphatic rings. The first kappa shape index (κ1) is 18.3. The number of piperidine rings is 2. The Labute approximate surface area is 162 Å². The molecule has 2 amide bonds. The molecule has 0 atom stereocenters. The minimum atomic E-state index is -0.324. The molecule has 2 aromatic rings. The van der Waals surface area contributed by atoms with Crippen LogP contribution >= 0.6 is 0 Å². The summed E-state index contributed by atoms with van der Waals surface area (Å²) in [6.45, 7) is 2.61. The summed E-state index contributed by atoms with van der Waals surface area (Å²) in [7, 11) is 0. The van der Waals surface area contributed by atoms with Crippen LogP contribution < -0.4 is 5.56 Å². The standard InChI is InChI=1S/C20H23N5O3/c26-17-12-22-16(11-23-17)19(28)24-9-5-20(6-10-24)4-1-18(27)25(14-20)13-15-2-7-21-8-3-15/h2-3,7-8,11-12H,1,4-6,9-10,13-14H2,(H,23,26). The van der Waals surface area contributed by atoms with E-state index in [4.69, 9.17) is 0 Å². The van der Waals surface area contributed by atoms with Crippen molar-refractivity contribution in [2.24, 2.45) is 5.41 Å². The number of carbonyl (C=O) groups is 2. The Morgan fingerprint density at radius 2 is 1.89 bits per heavy atom. The summed E-state index contributed by atoms with van der Waals surface area (Å²) >= 11 is 0. The van der Waals surface area contributed by atoms with E-state index < -0.39 is 0 Å². The number of pyridine rings is 1. The van der Waals surface area contributed by atoms with Crippen LogP contribution in [0.1, 0.15) is 41.7 Å². The Morgan fingerprint density at radius 3 is 2.57 bits per heavy atom. The number of nitrogens with zero attached hydrogens (tertiary/aromatic N) is 4. The van der Waals surface area contributed by atoms with Gasteiger partial charge >= 0.3 is 0 Å². The summed E-state index contributed by atoms with van der Waals surface area (Å²) < 4.78 is 0. The van der Waals surface area contributed by atoms with Crippen LogP contribution in [0.15, 0.2) is 41.7 Å². The summed E-state index contributed by atoms with van der Waals surface area (Å²) in [5.74, 6) is 0.0324. The van der Waals surface area contributed by atoms with E-state index in [1.165, 1.54) is 6.20 Å². The van der Waals surface area contributed by atoms with Gasteiger partial charge in [0.05, 0.1) is 6.20 Å². The average Bonchev–Trinajstić information content (AvgIpc) is 2.72. The molecule has 8 heteroatoms. The van der Waals surface area contributed by atoms with Crippen molar-refractivity contribution in [1.82, 2.24) is 24.8 Å². The van der Waals surface area contributed by atoms with Crippen molar-refractivity contribution < 1.29 is 9.59 Å². The third-order valence-electron chi connectivity index (χ3n) is 5.87. The van der Waals surface area contributed by atoms with Gasteiger partial charge in [-0.1, -0.05) is 0 Å². The molecule has 1 spiro atoms. The fourth-order valence-corrected chi connectivity index (χ4v) is 4.17. The molecule has 28 heavy (non-hydrogen) atoms. The molecule has 2 aromatic heterocycles. The molecular formula is C20H23N5O3. The monoisotopic (exact) mass is 381 g/mol. The third kappa shape index (κ3) is 3.81. The fraction of sp³-hybridized carbons (Fsp3) is 0.450. The molecule has 8 nitrogen and oxygen atoms in total. The molecule has 4 rings (SSSR count). The Hall–Kier alpha value is -3.03. The van der Waals surface area contributed by atoms with Crippen LogP contribution in [0.3, 0.4) is 0 Å². The number of amides is 2. The van der Waals surface area contributed by atoms with Gasteiger partial charge in [0, 0.05) is 51.2 Å². The zero-order valence-electron chi connectivity index (χ0n) is 15.6. The summed E-state index contributed by atoms with van der Waals surface area (Å²) in [5.41, 5.74) is 1.08. The molecule has 0 radical (unpaired) electrons. The van der Waals surface area contributed by atoms with Gasteiger partial charge in [0.25, 0.3) is 11.5 Å². The van der Waals surface area contributed by atoms with Crippen molar-refractivity contribution in [3.8, 4) is 0 Å². The maximum Gasteiger partial charge on any atom is 0.273 e. The van der Waals surface area contributed by atoms with Gasteiger partial charge in [-0.2, -0.15) is 0 Å². The molecule has 2 saturated heterocycles. The lowest BCUT2D eigenvalue weighted by molar-refractivity contribution is -0.139. The van der Waals surface area contributed by atoms with E-state index in [0.29, 0.717) is 26.1 Å². The van der Waals surface area contributed by atoms with E-state index in [-0.39, 0.29) is 28.5 Å². The number of aromatic nitrogens is 3. The number of nitrogens with one attached hydrogen (secondary N) is 1. The Kier molecular flexibility index (Phi) is 4.93. The van der Waals surface area contributed by atoms with Crippen molar-refractivity contribution >= 4 is 11.8 Å². The highest BCUT2D eigenvalue weighted by molar-refractivity contribution is 5.92. The fourth-order valence-electron chi connectivity index (χ4n) is 4.17. The minimum absolute atomic E-state index is 0.0656. The minimum Gasteiger partial charge on any atom is -0.338 e. The lowest BCUT2D eigenvalue weighted by Crippen LogP contribution is -2.52. The first-order chi connectivity index (χ1) is 13.5. The zero-order valence-corrected chi connectivity index (χ0v) is 15.6. The van der Waals surface area contributed by atoms with E-state index >= 15 is 0 Å². The van der Waals surface area contributed by atoms with Crippen LogP contribution in [0.25, 0.3) is 0 Å². The topological polar surface area (TPSA) is 99.3 Å². The number of likely N-dealkylation sites (tertiary alicyclic amines) is 2. The van der Waals surface area contributed by atoms with E-state index in [9.17, 15) is 14.4 Å². The van der Waals surface area contributed by atoms with Gasteiger partial charge in [-0.25, -0.2) is 4.98 Å². The Bertz CT molecular complexity index is 898. The molecule has 4 heterocycles. The summed E-state index contributed by atoms with van der Waals surface area (Å²) in [4.78, 5) is 50.4. The van der Waals surface area contributed by atoms with Crippen molar-refractivity contribution in [1.29, 1.82) is 0 Å². The first-order valence-electron chi connectivity index (χ1n) is 9.55. The Morgan fingerprint density at radius 1 is 1.14 bits per heavy atom. The van der Waals surface area contributed by atoms with Gasteiger partial charge in [0.2, 0.25) is 5.91 Å². The second-order valence-corrected chi connectivity index (χ2v) is 7.69. The molecule has 2 fully saturated rings. The maximum atomic E-state index is 12.6. The van der Waals surface area contributed by atoms with Crippen LogP contribution in [-0.2, 0) is 11.3 Å². The second-order valence-electron chi connectivity index (χ2n) is 7.69. The van der Waals surface area contributed by atoms with Crippen molar-refractivity contribution in [3.63, 3.8) is 0 Å². The third-order valence-corrected chi connectivity index (χ3v) is 5.87. The quantitative estimate of drug-likeness (QED) is 0.862. The second kappa shape index (κ2) is 7.53. The van der Waals surface area contributed by atoms with Crippen LogP contribution in [0.5, 0.6) is 0 Å². The van der Waals surface area contributed by atoms with E-state index in [2.05, 4.69) is 15.0 Å². The van der Waals surface area contributed by atoms with Gasteiger partial charge in [-0.3, -0.25) is 19.4 Å². The van der Waals surface area contributed by atoms with Gasteiger partial charge in [-0.15, -0.1) is 0 Å². The summed E-state index contributed by atoms with van der Waals surface area (Å²) in [6.07, 6.45) is 9.14. The lowest BCUT2D eigenvalue weighted by atomic mass is 9.72. The molecule has 0 aromatic carbocycles. The van der Waals surface area contributed by atoms with Crippen molar-refractivity contribution in [2.45, 2.75) is 32.2 Å². The van der Waals surface area contributed by atoms with Crippen molar-refractivity contribution in [2.75, 3.05) is 19.6 Å². The number of rotatable bonds is 3. The first-order valence-corrected chi connectivity index (χ1v) is 9.55. The molecule has 146 valence electrons. The van der Waals surface area contributed by atoms with Gasteiger partial charge < -0.3 is 14.8 Å². The summed E-state index contributed by atoms with van der Waals surface area (Å²) in [6, 6.07) is 3.88.